The van der Waals surface area contributed by atoms with Gasteiger partial charge in [-0.05, 0) is 36.8 Å². The molecule has 134 valence electrons. The van der Waals surface area contributed by atoms with Crippen LogP contribution in [0.25, 0.3) is 0 Å². The third-order valence-corrected chi connectivity index (χ3v) is 4.45. The summed E-state index contributed by atoms with van der Waals surface area (Å²) in [7, 11) is 1.56. The number of fused-ring (bicyclic) bond motifs is 1. The number of carbonyl (C=O) groups excluding carboxylic acids is 2. The normalized spacial score (nSPS) is 15.3. The van der Waals surface area contributed by atoms with Gasteiger partial charge in [-0.3, -0.25) is 9.59 Å². The Bertz CT molecular complexity index is 880. The molecule has 1 N–H and O–H groups in total. The molecule has 2 aliphatic heterocycles. The van der Waals surface area contributed by atoms with Crippen molar-refractivity contribution in [2.75, 3.05) is 30.7 Å². The SMILES string of the molecule is COc1ccc(N2CCCC2=O)c(NC(=O)c2ccc3c(c2)OCO3)c1. The van der Waals surface area contributed by atoms with Gasteiger partial charge in [-0.15, -0.1) is 0 Å². The molecule has 0 aromatic heterocycles. The third-order valence-electron chi connectivity index (χ3n) is 4.45. The smallest absolute Gasteiger partial charge is 0.255 e. The molecule has 0 saturated carbocycles. The van der Waals surface area contributed by atoms with E-state index in [1.54, 1.807) is 48.4 Å². The van der Waals surface area contributed by atoms with Crippen LogP contribution >= 0.6 is 0 Å². The highest BCUT2D eigenvalue weighted by atomic mass is 16.7. The fraction of sp³-hybridized carbons (Fsp3) is 0.263. The first-order chi connectivity index (χ1) is 12.7. The average Bonchev–Trinajstić information content (AvgIpc) is 3.29. The second-order valence-electron chi connectivity index (χ2n) is 6.05. The summed E-state index contributed by atoms with van der Waals surface area (Å²) in [6.07, 6.45) is 1.32. The van der Waals surface area contributed by atoms with E-state index in [0.717, 1.165) is 6.42 Å². The molecule has 0 unspecified atom stereocenters. The molecule has 0 aliphatic carbocycles. The van der Waals surface area contributed by atoms with Gasteiger partial charge in [-0.25, -0.2) is 0 Å². The number of anilines is 2. The summed E-state index contributed by atoms with van der Waals surface area (Å²) < 4.78 is 15.8. The zero-order valence-electron chi connectivity index (χ0n) is 14.3. The molecule has 7 heteroatoms. The van der Waals surface area contributed by atoms with Crippen molar-refractivity contribution < 1.29 is 23.8 Å². The highest BCUT2D eigenvalue weighted by molar-refractivity contribution is 6.08. The van der Waals surface area contributed by atoms with Crippen LogP contribution in [0, 0.1) is 0 Å². The van der Waals surface area contributed by atoms with Crippen LogP contribution in [-0.4, -0.2) is 32.3 Å². The minimum atomic E-state index is -0.301. The van der Waals surface area contributed by atoms with Gasteiger partial charge in [0.2, 0.25) is 12.7 Å². The molecule has 0 spiro atoms. The molecule has 0 radical (unpaired) electrons. The lowest BCUT2D eigenvalue weighted by Gasteiger charge is -2.21. The Hall–Kier alpha value is -3.22. The van der Waals surface area contributed by atoms with Gasteiger partial charge in [0.1, 0.15) is 5.75 Å². The van der Waals surface area contributed by atoms with Gasteiger partial charge in [0.05, 0.1) is 18.5 Å². The van der Waals surface area contributed by atoms with Crippen LogP contribution in [0.3, 0.4) is 0 Å². The third kappa shape index (κ3) is 2.92. The summed E-state index contributed by atoms with van der Waals surface area (Å²) in [5.41, 5.74) is 1.64. The maximum absolute atomic E-state index is 12.7. The molecule has 2 heterocycles. The van der Waals surface area contributed by atoms with Gasteiger partial charge in [0.25, 0.3) is 5.91 Å². The molecule has 4 rings (SSSR count). The Labute approximate surface area is 150 Å². The summed E-state index contributed by atoms with van der Waals surface area (Å²) >= 11 is 0. The fourth-order valence-corrected chi connectivity index (χ4v) is 3.11. The van der Waals surface area contributed by atoms with E-state index in [9.17, 15) is 9.59 Å². The van der Waals surface area contributed by atoms with Crippen molar-refractivity contribution in [1.82, 2.24) is 0 Å². The van der Waals surface area contributed by atoms with Crippen LogP contribution in [0.2, 0.25) is 0 Å². The van der Waals surface area contributed by atoms with Crippen LogP contribution in [0.5, 0.6) is 17.2 Å². The van der Waals surface area contributed by atoms with E-state index < -0.39 is 0 Å². The summed E-state index contributed by atoms with van der Waals surface area (Å²) in [6, 6.07) is 10.3. The molecule has 1 fully saturated rings. The Balaban J connectivity index is 1.64. The molecule has 26 heavy (non-hydrogen) atoms. The average molecular weight is 354 g/mol. The molecular weight excluding hydrogens is 336 g/mol. The number of nitrogens with zero attached hydrogens (tertiary/aromatic N) is 1. The standard InChI is InChI=1S/C19H18N2O5/c1-24-13-5-6-15(21-8-2-3-18(21)22)14(10-13)20-19(23)12-4-7-16-17(9-12)26-11-25-16/h4-7,9-10H,2-3,8,11H2,1H3,(H,20,23). The minimum Gasteiger partial charge on any atom is -0.497 e. The number of carbonyl (C=O) groups is 2. The maximum Gasteiger partial charge on any atom is 0.255 e. The summed E-state index contributed by atoms with van der Waals surface area (Å²) in [6.45, 7) is 0.787. The first kappa shape index (κ1) is 16.3. The summed E-state index contributed by atoms with van der Waals surface area (Å²) in [4.78, 5) is 26.5. The van der Waals surface area contributed by atoms with Gasteiger partial charge < -0.3 is 24.4 Å². The number of amides is 2. The molecule has 0 bridgehead atoms. The fourth-order valence-electron chi connectivity index (χ4n) is 3.11. The molecule has 1 saturated heterocycles. The van der Waals surface area contributed by atoms with Crippen LogP contribution in [0.1, 0.15) is 23.2 Å². The van der Waals surface area contributed by atoms with Gasteiger partial charge in [-0.1, -0.05) is 0 Å². The van der Waals surface area contributed by atoms with Crippen LogP contribution in [0.15, 0.2) is 36.4 Å². The Kier molecular flexibility index (Phi) is 4.12. The van der Waals surface area contributed by atoms with Crippen LogP contribution in [0.4, 0.5) is 11.4 Å². The van der Waals surface area contributed by atoms with E-state index in [1.807, 2.05) is 0 Å². The van der Waals surface area contributed by atoms with E-state index in [1.165, 1.54) is 0 Å². The highest BCUT2D eigenvalue weighted by Crippen LogP contribution is 2.35. The monoisotopic (exact) mass is 354 g/mol. The summed E-state index contributed by atoms with van der Waals surface area (Å²) in [5.74, 6) is 1.50. The van der Waals surface area contributed by atoms with Crippen LogP contribution < -0.4 is 24.4 Å². The number of rotatable bonds is 4. The number of ether oxygens (including phenoxy) is 3. The number of methoxy groups -OCH3 is 1. The lowest BCUT2D eigenvalue weighted by atomic mass is 10.1. The van der Waals surface area contributed by atoms with E-state index in [-0.39, 0.29) is 18.6 Å². The molecule has 2 aromatic rings. The quantitative estimate of drug-likeness (QED) is 0.914. The van der Waals surface area contributed by atoms with Crippen LogP contribution in [-0.2, 0) is 4.79 Å². The van der Waals surface area contributed by atoms with Crippen molar-refractivity contribution >= 4 is 23.2 Å². The minimum absolute atomic E-state index is 0.0498. The Morgan fingerprint density at radius 2 is 2.00 bits per heavy atom. The second-order valence-corrected chi connectivity index (χ2v) is 6.05. The Morgan fingerprint density at radius 1 is 1.15 bits per heavy atom. The van der Waals surface area contributed by atoms with Crippen molar-refractivity contribution in [2.24, 2.45) is 0 Å². The number of hydrogen-bond donors (Lipinski definition) is 1. The van der Waals surface area contributed by atoms with Gasteiger partial charge in [0, 0.05) is 24.6 Å². The van der Waals surface area contributed by atoms with E-state index in [0.29, 0.717) is 47.2 Å². The predicted octanol–water partition coefficient (Wildman–Crippen LogP) is 2.80. The molecule has 0 atom stereocenters. The van der Waals surface area contributed by atoms with E-state index >= 15 is 0 Å². The zero-order valence-corrected chi connectivity index (χ0v) is 14.3. The van der Waals surface area contributed by atoms with Crippen molar-refractivity contribution in [3.63, 3.8) is 0 Å². The van der Waals surface area contributed by atoms with Crippen molar-refractivity contribution in [3.8, 4) is 17.2 Å². The first-order valence-electron chi connectivity index (χ1n) is 8.35. The largest absolute Gasteiger partial charge is 0.497 e. The lowest BCUT2D eigenvalue weighted by Crippen LogP contribution is -2.25. The van der Waals surface area contributed by atoms with Gasteiger partial charge in [-0.2, -0.15) is 0 Å². The lowest BCUT2D eigenvalue weighted by molar-refractivity contribution is -0.117. The number of benzene rings is 2. The topological polar surface area (TPSA) is 77.1 Å². The Morgan fingerprint density at radius 3 is 2.77 bits per heavy atom. The van der Waals surface area contributed by atoms with E-state index in [4.69, 9.17) is 14.2 Å². The molecular formula is C19H18N2O5. The number of nitrogens with one attached hydrogen (secondary N) is 1. The molecule has 2 amide bonds. The van der Waals surface area contributed by atoms with Crippen molar-refractivity contribution in [2.45, 2.75) is 12.8 Å². The molecule has 2 aromatic carbocycles. The maximum atomic E-state index is 12.7. The second kappa shape index (κ2) is 6.59. The van der Waals surface area contributed by atoms with Crippen molar-refractivity contribution in [3.05, 3.63) is 42.0 Å². The van der Waals surface area contributed by atoms with Crippen molar-refractivity contribution in [1.29, 1.82) is 0 Å². The highest BCUT2D eigenvalue weighted by Gasteiger charge is 2.25. The van der Waals surface area contributed by atoms with E-state index in [2.05, 4.69) is 5.32 Å². The number of hydrogen-bond acceptors (Lipinski definition) is 5. The summed E-state index contributed by atoms with van der Waals surface area (Å²) in [5, 5.41) is 2.88. The van der Waals surface area contributed by atoms with Gasteiger partial charge in [0.15, 0.2) is 11.5 Å². The molecule has 7 nitrogen and oxygen atoms in total. The predicted molar refractivity (Wildman–Crippen MR) is 95.1 cm³/mol. The zero-order chi connectivity index (χ0) is 18.1. The van der Waals surface area contributed by atoms with Gasteiger partial charge >= 0.3 is 0 Å². The first-order valence-corrected chi connectivity index (χ1v) is 8.35. The molecule has 2 aliphatic rings.